The smallest absolute Gasteiger partial charge is 0.264 e. The Kier molecular flexibility index (Phi) is 6.25. The van der Waals surface area contributed by atoms with Crippen molar-refractivity contribution < 1.29 is 14.4 Å². The van der Waals surface area contributed by atoms with E-state index in [0.717, 1.165) is 20.8 Å². The Bertz CT molecular complexity index is 1410. The number of aryl methyl sites for hydroxylation is 1. The van der Waals surface area contributed by atoms with Gasteiger partial charge in [0.25, 0.3) is 11.8 Å². The number of thiazole rings is 1. The molecular weight excluding hydrogens is 478 g/mol. The summed E-state index contributed by atoms with van der Waals surface area (Å²) in [6, 6.07) is 16.1. The van der Waals surface area contributed by atoms with E-state index >= 15 is 0 Å². The molecule has 3 amide bonds. The lowest BCUT2D eigenvalue weighted by Crippen LogP contribution is -2.49. The molecule has 1 fully saturated rings. The van der Waals surface area contributed by atoms with E-state index < -0.39 is 6.04 Å². The summed E-state index contributed by atoms with van der Waals surface area (Å²) in [6.07, 6.45) is 0.671. The van der Waals surface area contributed by atoms with E-state index in [4.69, 9.17) is 4.98 Å². The number of carbonyl (C=O) groups excluding carboxylic acids is 3. The van der Waals surface area contributed by atoms with Crippen molar-refractivity contribution in [3.05, 3.63) is 70.4 Å². The molecule has 5 rings (SSSR count). The summed E-state index contributed by atoms with van der Waals surface area (Å²) in [5.41, 5.74) is 3.58. The summed E-state index contributed by atoms with van der Waals surface area (Å²) in [4.78, 5) is 47.8. The highest BCUT2D eigenvalue weighted by atomic mass is 32.1. The van der Waals surface area contributed by atoms with Gasteiger partial charge >= 0.3 is 0 Å². The third-order valence-corrected chi connectivity index (χ3v) is 8.33. The largest absolute Gasteiger partial charge is 0.323 e. The first-order valence-electron chi connectivity index (χ1n) is 11.6. The summed E-state index contributed by atoms with van der Waals surface area (Å²) < 4.78 is 1.12. The molecule has 2 aromatic heterocycles. The molecule has 0 saturated carbocycles. The Morgan fingerprint density at radius 2 is 1.94 bits per heavy atom. The van der Waals surface area contributed by atoms with E-state index in [-0.39, 0.29) is 30.2 Å². The molecule has 35 heavy (non-hydrogen) atoms. The van der Waals surface area contributed by atoms with Crippen LogP contribution in [-0.4, -0.2) is 39.7 Å². The first-order valence-corrected chi connectivity index (χ1v) is 13.3. The maximum Gasteiger partial charge on any atom is 0.264 e. The number of aromatic nitrogens is 1. The maximum atomic E-state index is 13.5. The molecule has 0 radical (unpaired) electrons. The average Bonchev–Trinajstić information content (AvgIpc) is 3.59. The third-order valence-electron chi connectivity index (χ3n) is 6.41. The van der Waals surface area contributed by atoms with Crippen LogP contribution in [0.25, 0.3) is 20.8 Å². The van der Waals surface area contributed by atoms with Gasteiger partial charge in [-0.25, -0.2) is 9.88 Å². The number of fused-ring (bicyclic) bond motifs is 1. The Labute approximate surface area is 211 Å². The molecule has 0 bridgehead atoms. The fraction of sp³-hybridized carbons (Fsp3) is 0.259. The van der Waals surface area contributed by atoms with Crippen LogP contribution >= 0.6 is 22.7 Å². The molecule has 2 atom stereocenters. The second-order valence-corrected chi connectivity index (χ2v) is 10.7. The summed E-state index contributed by atoms with van der Waals surface area (Å²) in [6.45, 7) is 5.95. The highest BCUT2D eigenvalue weighted by Crippen LogP contribution is 2.34. The Morgan fingerprint density at radius 3 is 2.63 bits per heavy atom. The van der Waals surface area contributed by atoms with Crippen molar-refractivity contribution in [2.75, 3.05) is 4.90 Å². The Morgan fingerprint density at radius 1 is 1.17 bits per heavy atom. The van der Waals surface area contributed by atoms with Crippen molar-refractivity contribution in [1.82, 2.24) is 9.88 Å². The maximum absolute atomic E-state index is 13.5. The van der Waals surface area contributed by atoms with Gasteiger partial charge in [0.15, 0.2) is 0 Å². The number of benzene rings is 2. The minimum Gasteiger partial charge on any atom is -0.323 e. The number of hydrogen-bond donors (Lipinski definition) is 0. The molecule has 2 aromatic carbocycles. The van der Waals surface area contributed by atoms with Crippen molar-refractivity contribution in [3.63, 3.8) is 0 Å². The van der Waals surface area contributed by atoms with Crippen molar-refractivity contribution in [2.24, 2.45) is 0 Å². The van der Waals surface area contributed by atoms with Gasteiger partial charge in [0.05, 0.1) is 27.2 Å². The van der Waals surface area contributed by atoms with Crippen molar-refractivity contribution in [2.45, 2.75) is 45.7 Å². The van der Waals surface area contributed by atoms with E-state index in [0.29, 0.717) is 17.0 Å². The fourth-order valence-corrected chi connectivity index (χ4v) is 6.12. The van der Waals surface area contributed by atoms with Crippen molar-refractivity contribution in [1.29, 1.82) is 0 Å². The number of anilines is 1. The van der Waals surface area contributed by atoms with Gasteiger partial charge in [-0.3, -0.25) is 14.4 Å². The van der Waals surface area contributed by atoms with Crippen molar-refractivity contribution in [3.8, 4) is 10.6 Å². The zero-order valence-corrected chi connectivity index (χ0v) is 21.4. The van der Waals surface area contributed by atoms with E-state index in [9.17, 15) is 14.4 Å². The topological polar surface area (TPSA) is 70.6 Å². The number of imide groups is 1. The minimum absolute atomic E-state index is 0.0146. The zero-order chi connectivity index (χ0) is 24.7. The van der Waals surface area contributed by atoms with Crippen LogP contribution in [0.4, 0.5) is 5.69 Å². The van der Waals surface area contributed by atoms with Crippen LogP contribution in [0.2, 0.25) is 0 Å². The zero-order valence-electron chi connectivity index (χ0n) is 19.7. The molecule has 3 heterocycles. The van der Waals surface area contributed by atoms with Crippen LogP contribution in [0, 0.1) is 6.92 Å². The molecule has 178 valence electrons. The van der Waals surface area contributed by atoms with Crippen LogP contribution in [0.3, 0.4) is 0 Å². The molecular formula is C27H25N3O3S2. The van der Waals surface area contributed by atoms with Crippen LogP contribution in [0.1, 0.15) is 41.9 Å². The highest BCUT2D eigenvalue weighted by molar-refractivity contribution is 7.21. The lowest BCUT2D eigenvalue weighted by molar-refractivity contribution is -0.122. The highest BCUT2D eigenvalue weighted by Gasteiger charge is 2.45. The molecule has 1 saturated heterocycles. The van der Waals surface area contributed by atoms with Gasteiger partial charge in [0.1, 0.15) is 11.0 Å². The molecule has 0 spiro atoms. The van der Waals surface area contributed by atoms with E-state index in [1.807, 2.05) is 49.6 Å². The Hall–Kier alpha value is -3.36. The van der Waals surface area contributed by atoms with E-state index in [2.05, 4.69) is 13.0 Å². The summed E-state index contributed by atoms with van der Waals surface area (Å²) in [5, 5.41) is 2.72. The lowest BCUT2D eigenvalue weighted by atomic mass is 10.1. The monoisotopic (exact) mass is 503 g/mol. The van der Waals surface area contributed by atoms with Gasteiger partial charge < -0.3 is 4.90 Å². The Balaban J connectivity index is 1.41. The van der Waals surface area contributed by atoms with Crippen LogP contribution in [0.15, 0.2) is 60.0 Å². The minimum atomic E-state index is -0.806. The van der Waals surface area contributed by atoms with Gasteiger partial charge in [0.2, 0.25) is 5.91 Å². The summed E-state index contributed by atoms with van der Waals surface area (Å²) >= 11 is 2.95. The second kappa shape index (κ2) is 9.36. The third kappa shape index (κ3) is 4.28. The molecule has 0 N–H and O–H groups in total. The number of nitrogens with zero attached hydrogens (tertiary/aromatic N) is 3. The van der Waals surface area contributed by atoms with Crippen molar-refractivity contribution >= 4 is 56.3 Å². The fourth-order valence-electron chi connectivity index (χ4n) is 4.39. The first kappa shape index (κ1) is 23.4. The van der Waals surface area contributed by atoms with Gasteiger partial charge in [0, 0.05) is 11.6 Å². The normalized spacial score (nSPS) is 16.8. The average molecular weight is 504 g/mol. The van der Waals surface area contributed by atoms with Gasteiger partial charge in [-0.05, 0) is 73.7 Å². The number of thiophene rings is 1. The quantitative estimate of drug-likeness (QED) is 0.307. The molecule has 2 unspecified atom stereocenters. The number of hydrogen-bond acceptors (Lipinski definition) is 6. The predicted octanol–water partition coefficient (Wildman–Crippen LogP) is 5.91. The molecule has 4 aromatic rings. The predicted molar refractivity (Wildman–Crippen MR) is 141 cm³/mol. The summed E-state index contributed by atoms with van der Waals surface area (Å²) in [5.74, 6) is -0.859. The van der Waals surface area contributed by atoms with Gasteiger partial charge in [-0.2, -0.15) is 0 Å². The molecule has 1 aliphatic rings. The molecule has 8 heteroatoms. The van der Waals surface area contributed by atoms with E-state index in [1.165, 1.54) is 21.8 Å². The number of carbonyl (C=O) groups is 3. The van der Waals surface area contributed by atoms with Crippen LogP contribution in [0.5, 0.6) is 0 Å². The summed E-state index contributed by atoms with van der Waals surface area (Å²) in [7, 11) is 0. The molecule has 0 aliphatic carbocycles. The van der Waals surface area contributed by atoms with E-state index in [1.54, 1.807) is 34.4 Å². The van der Waals surface area contributed by atoms with Gasteiger partial charge in [-0.15, -0.1) is 22.7 Å². The van der Waals surface area contributed by atoms with Crippen LogP contribution < -0.4 is 4.90 Å². The second-order valence-electron chi connectivity index (χ2n) is 8.77. The number of rotatable bonds is 6. The SMILES string of the molecule is CCC(C)N(C(=O)c1cccs1)C1CC(=O)N(c2ccc(-c3nc4ccc(C)cc4s3)cc2)C1=O. The number of amides is 3. The standard InChI is InChI=1S/C27H25N3O3S2/c1-4-17(3)29(27(33)22-6-5-13-34-22)21-15-24(31)30(26(21)32)19-10-8-18(9-11-19)25-28-20-12-7-16(2)14-23(20)35-25/h5-14,17,21H,4,15H2,1-3H3. The van der Waals surface area contributed by atoms with Gasteiger partial charge in [-0.1, -0.05) is 19.1 Å². The lowest BCUT2D eigenvalue weighted by Gasteiger charge is -2.32. The first-order chi connectivity index (χ1) is 16.9. The van der Waals surface area contributed by atoms with Crippen LogP contribution in [-0.2, 0) is 9.59 Å². The molecule has 1 aliphatic heterocycles. The molecule has 6 nitrogen and oxygen atoms in total.